The van der Waals surface area contributed by atoms with E-state index in [1.165, 1.54) is 25.7 Å². The second-order valence-electron chi connectivity index (χ2n) is 13.1. The normalized spacial score (nSPS) is 11.8. The van der Waals surface area contributed by atoms with Crippen molar-refractivity contribution in [3.05, 3.63) is 175 Å². The number of nitrogens with zero attached hydrogens (tertiary/aromatic N) is 3. The molecule has 0 atom stereocenters. The minimum absolute atomic E-state index is 0.502. The lowest BCUT2D eigenvalue weighted by atomic mass is 9.94. The number of aromatic nitrogens is 2. The van der Waals surface area contributed by atoms with Gasteiger partial charge in [0.25, 0.3) is 0 Å². The minimum Gasteiger partial charge on any atom is -0.310 e. The van der Waals surface area contributed by atoms with Gasteiger partial charge in [-0.3, -0.25) is 0 Å². The standard InChI is InChI=1S/C47H31N3S2/c1-30-26-35-8-2-3-9-40(35)41(27-30)36-15-14-34-29-39(25-20-33(34)28-36)50(37-21-16-31(17-22-37)46-48-42-10-4-6-12-44(42)51-46)38-23-18-32(19-24-38)47-49-43-11-5-7-13-45(43)52-47/h2-29H,1H3/i14D. The smallest absolute Gasteiger partial charge is 0.124 e. The van der Waals surface area contributed by atoms with Crippen molar-refractivity contribution < 1.29 is 1.37 Å². The molecule has 0 amide bonds. The second kappa shape index (κ2) is 12.6. The van der Waals surface area contributed by atoms with Crippen molar-refractivity contribution in [2.75, 3.05) is 4.90 Å². The highest BCUT2D eigenvalue weighted by molar-refractivity contribution is 7.22. The molecule has 0 spiro atoms. The molecular formula is C47H31N3S2. The zero-order valence-electron chi connectivity index (χ0n) is 29.2. The Labute approximate surface area is 311 Å². The molecule has 0 radical (unpaired) electrons. The zero-order valence-corrected chi connectivity index (χ0v) is 29.9. The van der Waals surface area contributed by atoms with Crippen LogP contribution in [0.3, 0.4) is 0 Å². The molecule has 0 N–H and O–H groups in total. The predicted molar refractivity (Wildman–Crippen MR) is 224 cm³/mol. The molecule has 0 unspecified atom stereocenters. The first-order valence-corrected chi connectivity index (χ1v) is 18.9. The van der Waals surface area contributed by atoms with Gasteiger partial charge in [-0.2, -0.15) is 0 Å². The summed E-state index contributed by atoms with van der Waals surface area (Å²) >= 11 is 3.42. The molecule has 246 valence electrons. The van der Waals surface area contributed by atoms with E-state index in [2.05, 4.69) is 157 Å². The minimum atomic E-state index is 0.502. The van der Waals surface area contributed by atoms with Gasteiger partial charge in [0.1, 0.15) is 10.0 Å². The van der Waals surface area contributed by atoms with Crippen molar-refractivity contribution in [1.82, 2.24) is 9.97 Å². The highest BCUT2D eigenvalue weighted by Crippen LogP contribution is 2.40. The number of anilines is 3. The number of para-hydroxylation sites is 2. The van der Waals surface area contributed by atoms with E-state index in [-0.39, 0.29) is 0 Å². The molecule has 0 aliphatic heterocycles. The lowest BCUT2D eigenvalue weighted by molar-refractivity contribution is 1.29. The quantitative estimate of drug-likeness (QED) is 0.173. The summed E-state index contributed by atoms with van der Waals surface area (Å²) in [4.78, 5) is 12.1. The Morgan fingerprint density at radius 2 is 1.06 bits per heavy atom. The number of hydrogen-bond acceptors (Lipinski definition) is 5. The lowest BCUT2D eigenvalue weighted by Crippen LogP contribution is -2.09. The molecule has 0 saturated heterocycles. The monoisotopic (exact) mass is 702 g/mol. The summed E-state index contributed by atoms with van der Waals surface area (Å²) in [6.45, 7) is 2.14. The summed E-state index contributed by atoms with van der Waals surface area (Å²) < 4.78 is 11.6. The van der Waals surface area contributed by atoms with Crippen molar-refractivity contribution in [2.45, 2.75) is 6.92 Å². The molecule has 0 aliphatic carbocycles. The number of aryl methyl sites for hydroxylation is 1. The van der Waals surface area contributed by atoms with E-state index in [1.54, 1.807) is 22.7 Å². The molecule has 0 bridgehead atoms. The fraction of sp³-hybridized carbons (Fsp3) is 0.0213. The van der Waals surface area contributed by atoms with Gasteiger partial charge in [-0.05, 0) is 136 Å². The molecule has 5 heteroatoms. The third-order valence-electron chi connectivity index (χ3n) is 9.64. The van der Waals surface area contributed by atoms with Crippen LogP contribution in [0.5, 0.6) is 0 Å². The van der Waals surface area contributed by atoms with Crippen LogP contribution in [0.2, 0.25) is 0 Å². The molecular weight excluding hydrogens is 671 g/mol. The van der Waals surface area contributed by atoms with Gasteiger partial charge in [-0.15, -0.1) is 22.7 Å². The number of benzene rings is 8. The van der Waals surface area contributed by atoms with E-state index in [9.17, 15) is 1.37 Å². The Balaban J connectivity index is 1.07. The fourth-order valence-electron chi connectivity index (χ4n) is 7.10. The maximum atomic E-state index is 9.27. The van der Waals surface area contributed by atoms with Crippen molar-refractivity contribution >= 4 is 81.7 Å². The molecule has 0 saturated carbocycles. The van der Waals surface area contributed by atoms with E-state index in [0.29, 0.717) is 6.04 Å². The molecule has 8 aromatic carbocycles. The third-order valence-corrected chi connectivity index (χ3v) is 11.8. The Kier molecular flexibility index (Phi) is 7.15. The van der Waals surface area contributed by atoms with Gasteiger partial charge in [0, 0.05) is 28.2 Å². The second-order valence-corrected chi connectivity index (χ2v) is 15.2. The summed E-state index contributed by atoms with van der Waals surface area (Å²) in [7, 11) is 0. The predicted octanol–water partition coefficient (Wildman–Crippen LogP) is 14.0. The van der Waals surface area contributed by atoms with Crippen LogP contribution >= 0.6 is 22.7 Å². The highest BCUT2D eigenvalue weighted by Gasteiger charge is 2.16. The zero-order chi connectivity index (χ0) is 35.5. The van der Waals surface area contributed by atoms with E-state index in [4.69, 9.17) is 9.97 Å². The van der Waals surface area contributed by atoms with E-state index >= 15 is 0 Å². The topological polar surface area (TPSA) is 29.0 Å². The van der Waals surface area contributed by atoms with Gasteiger partial charge < -0.3 is 4.90 Å². The van der Waals surface area contributed by atoms with Crippen molar-refractivity contribution in [2.24, 2.45) is 0 Å². The van der Waals surface area contributed by atoms with Crippen LogP contribution in [0.1, 0.15) is 6.93 Å². The fourth-order valence-corrected chi connectivity index (χ4v) is 9.04. The van der Waals surface area contributed by atoms with Crippen molar-refractivity contribution in [3.8, 4) is 32.3 Å². The molecule has 10 aromatic rings. The van der Waals surface area contributed by atoms with Crippen LogP contribution in [-0.2, 0) is 0 Å². The Bertz CT molecular complexity index is 2800. The van der Waals surface area contributed by atoms with Gasteiger partial charge in [0.2, 0.25) is 0 Å². The van der Waals surface area contributed by atoms with Gasteiger partial charge in [0.15, 0.2) is 0 Å². The van der Waals surface area contributed by atoms with E-state index < -0.39 is 0 Å². The van der Waals surface area contributed by atoms with Gasteiger partial charge in [-0.25, -0.2) is 9.97 Å². The summed E-state index contributed by atoms with van der Waals surface area (Å²) in [6.07, 6.45) is 0. The summed E-state index contributed by atoms with van der Waals surface area (Å²) in [5.41, 5.74) is 10.7. The van der Waals surface area contributed by atoms with E-state index in [0.717, 1.165) is 71.1 Å². The maximum absolute atomic E-state index is 9.27. The molecule has 2 aromatic heterocycles. The van der Waals surface area contributed by atoms with Gasteiger partial charge in [0.05, 0.1) is 21.8 Å². The Morgan fingerprint density at radius 3 is 1.69 bits per heavy atom. The van der Waals surface area contributed by atoms with Crippen LogP contribution < -0.4 is 4.90 Å². The van der Waals surface area contributed by atoms with Crippen LogP contribution in [0, 0.1) is 6.92 Å². The number of rotatable bonds is 6. The molecule has 3 nitrogen and oxygen atoms in total. The molecule has 10 rings (SSSR count). The Morgan fingerprint density at radius 1 is 0.481 bits per heavy atom. The first-order valence-electron chi connectivity index (χ1n) is 17.8. The SMILES string of the molecule is [2H]c1cc(-c2cc(C)cc3ccccc23)cc2ccc(N(c3ccc(-c4nc5ccccc5s4)cc3)c3ccc(-c4nc5ccccc5s4)cc3)cc12. The number of hydrogen-bond donors (Lipinski definition) is 0. The van der Waals surface area contributed by atoms with Gasteiger partial charge >= 0.3 is 0 Å². The van der Waals surface area contributed by atoms with Crippen LogP contribution in [0.4, 0.5) is 17.1 Å². The lowest BCUT2D eigenvalue weighted by Gasteiger charge is -2.26. The first kappa shape index (κ1) is 29.6. The maximum Gasteiger partial charge on any atom is 0.124 e. The summed E-state index contributed by atoms with van der Waals surface area (Å²) in [6, 6.07) is 58.0. The van der Waals surface area contributed by atoms with Crippen LogP contribution in [-0.4, -0.2) is 9.97 Å². The average molecular weight is 703 g/mol. The Hall–Kier alpha value is -6.14. The first-order chi connectivity index (χ1) is 26.0. The summed E-state index contributed by atoms with van der Waals surface area (Å²) in [5, 5.41) is 6.37. The van der Waals surface area contributed by atoms with Gasteiger partial charge in [-0.1, -0.05) is 78.8 Å². The van der Waals surface area contributed by atoms with Crippen molar-refractivity contribution in [1.29, 1.82) is 0 Å². The molecule has 2 heterocycles. The highest BCUT2D eigenvalue weighted by atomic mass is 32.1. The van der Waals surface area contributed by atoms with Crippen LogP contribution in [0.25, 0.3) is 74.2 Å². The molecule has 0 aliphatic rings. The largest absolute Gasteiger partial charge is 0.310 e. The summed E-state index contributed by atoms with van der Waals surface area (Å²) in [5.74, 6) is 0. The molecule has 0 fully saturated rings. The average Bonchev–Trinajstić information content (AvgIpc) is 3.84. The van der Waals surface area contributed by atoms with Crippen molar-refractivity contribution in [3.63, 3.8) is 0 Å². The van der Waals surface area contributed by atoms with E-state index in [1.807, 2.05) is 18.2 Å². The number of fused-ring (bicyclic) bond motifs is 4. The van der Waals surface area contributed by atoms with Crippen LogP contribution in [0.15, 0.2) is 170 Å². The molecule has 52 heavy (non-hydrogen) atoms. The third kappa shape index (κ3) is 5.52. The number of thiazole rings is 2.